The third-order valence-corrected chi connectivity index (χ3v) is 1.40. The molecule has 0 spiro atoms. The number of nitrogens with zero attached hydrogens (tertiary/aromatic N) is 1. The molecule has 0 saturated carbocycles. The van der Waals surface area contributed by atoms with E-state index in [1.165, 1.54) is 7.11 Å². The summed E-state index contributed by atoms with van der Waals surface area (Å²) < 4.78 is 0. The molecule has 0 heterocycles. The minimum atomic E-state index is 0.153. The van der Waals surface area contributed by atoms with E-state index in [9.17, 15) is 0 Å². The van der Waals surface area contributed by atoms with Crippen molar-refractivity contribution in [2.45, 2.75) is 6.92 Å². The zero-order valence-electron chi connectivity index (χ0n) is 6.50. The summed E-state index contributed by atoms with van der Waals surface area (Å²) in [6, 6.07) is 0. The van der Waals surface area contributed by atoms with Gasteiger partial charge in [0.15, 0.2) is 0 Å². The zero-order valence-corrected chi connectivity index (χ0v) is 6.50. The van der Waals surface area contributed by atoms with E-state index in [4.69, 9.17) is 11.5 Å². The van der Waals surface area contributed by atoms with Gasteiger partial charge >= 0.3 is 0 Å². The highest BCUT2D eigenvalue weighted by Crippen LogP contribution is 1.94. The first-order valence-corrected chi connectivity index (χ1v) is 3.24. The van der Waals surface area contributed by atoms with Crippen LogP contribution in [0, 0.1) is 5.92 Å². The van der Waals surface area contributed by atoms with E-state index >= 15 is 0 Å². The molecule has 0 unspecified atom stereocenters. The van der Waals surface area contributed by atoms with Crippen LogP contribution in [0.5, 0.6) is 0 Å². The Balaban J connectivity index is 3.87. The van der Waals surface area contributed by atoms with E-state index in [2.05, 4.69) is 9.99 Å². The molecule has 4 heteroatoms. The van der Waals surface area contributed by atoms with Gasteiger partial charge in [0, 0.05) is 19.0 Å². The molecule has 10 heavy (non-hydrogen) atoms. The average molecular weight is 145 g/mol. The van der Waals surface area contributed by atoms with Gasteiger partial charge in [-0.2, -0.15) is 0 Å². The topological polar surface area (TPSA) is 73.6 Å². The monoisotopic (exact) mass is 145 g/mol. The molecule has 60 valence electrons. The Hall–Kier alpha value is -0.610. The Kier molecular flexibility index (Phi) is 4.88. The summed E-state index contributed by atoms with van der Waals surface area (Å²) in [5, 5.41) is 3.72. The predicted molar refractivity (Wildman–Crippen MR) is 41.7 cm³/mol. The molecule has 0 saturated heterocycles. The van der Waals surface area contributed by atoms with E-state index in [1.807, 2.05) is 6.92 Å². The summed E-state index contributed by atoms with van der Waals surface area (Å²) >= 11 is 0. The van der Waals surface area contributed by atoms with Crippen molar-refractivity contribution in [2.24, 2.45) is 22.5 Å². The zero-order chi connectivity index (χ0) is 7.98. The Labute approximate surface area is 61.2 Å². The molecule has 0 aromatic rings. The molecule has 0 rings (SSSR count). The van der Waals surface area contributed by atoms with E-state index in [-0.39, 0.29) is 5.92 Å². The maximum atomic E-state index is 5.40. The minimum Gasteiger partial charge on any atom is -0.399 e. The highest BCUT2D eigenvalue weighted by molar-refractivity contribution is 5.84. The van der Waals surface area contributed by atoms with Crippen LogP contribution < -0.4 is 11.5 Å². The van der Waals surface area contributed by atoms with Gasteiger partial charge in [0.2, 0.25) is 0 Å². The minimum absolute atomic E-state index is 0.153. The molecule has 0 aliphatic carbocycles. The summed E-state index contributed by atoms with van der Waals surface area (Å²) in [6.07, 6.45) is 0. The van der Waals surface area contributed by atoms with E-state index in [1.54, 1.807) is 0 Å². The molecular formula is C6H15N3O. The van der Waals surface area contributed by atoms with Crippen LogP contribution in [-0.2, 0) is 4.84 Å². The van der Waals surface area contributed by atoms with Gasteiger partial charge in [-0.1, -0.05) is 5.16 Å². The van der Waals surface area contributed by atoms with Gasteiger partial charge in [-0.3, -0.25) is 0 Å². The highest BCUT2D eigenvalue weighted by Gasteiger charge is 2.07. The van der Waals surface area contributed by atoms with Crippen molar-refractivity contribution >= 4 is 5.71 Å². The van der Waals surface area contributed by atoms with Crippen molar-refractivity contribution in [1.82, 2.24) is 0 Å². The van der Waals surface area contributed by atoms with Gasteiger partial charge in [-0.05, 0) is 6.92 Å². The lowest BCUT2D eigenvalue weighted by atomic mass is 10.1. The normalized spacial score (nSPS) is 12.3. The second-order valence-electron chi connectivity index (χ2n) is 2.08. The van der Waals surface area contributed by atoms with E-state index in [0.717, 1.165) is 5.71 Å². The van der Waals surface area contributed by atoms with Crippen LogP contribution >= 0.6 is 0 Å². The lowest BCUT2D eigenvalue weighted by Gasteiger charge is -2.09. The molecule has 0 amide bonds. The van der Waals surface area contributed by atoms with Crippen LogP contribution in [-0.4, -0.2) is 25.9 Å². The van der Waals surface area contributed by atoms with Crippen molar-refractivity contribution in [2.75, 3.05) is 20.2 Å². The second kappa shape index (κ2) is 5.20. The van der Waals surface area contributed by atoms with Crippen LogP contribution in [0.2, 0.25) is 0 Å². The maximum absolute atomic E-state index is 5.40. The van der Waals surface area contributed by atoms with Gasteiger partial charge < -0.3 is 16.3 Å². The van der Waals surface area contributed by atoms with Gasteiger partial charge in [0.1, 0.15) is 7.11 Å². The van der Waals surface area contributed by atoms with Gasteiger partial charge in [0.05, 0.1) is 5.71 Å². The molecule has 4 N–H and O–H groups in total. The first-order valence-electron chi connectivity index (χ1n) is 3.24. The fraction of sp³-hybridized carbons (Fsp3) is 0.833. The molecule has 0 aromatic carbocycles. The van der Waals surface area contributed by atoms with Gasteiger partial charge in [-0.25, -0.2) is 0 Å². The SMILES string of the molecule is CON=C(C)C(CN)CN. The molecule has 0 aliphatic heterocycles. The molecule has 0 radical (unpaired) electrons. The van der Waals surface area contributed by atoms with E-state index in [0.29, 0.717) is 13.1 Å². The average Bonchev–Trinajstić information content (AvgIpc) is 1.91. The third-order valence-electron chi connectivity index (χ3n) is 1.40. The van der Waals surface area contributed by atoms with Crippen LogP contribution in [0.4, 0.5) is 0 Å². The van der Waals surface area contributed by atoms with Gasteiger partial charge in [0.25, 0.3) is 0 Å². The fourth-order valence-corrected chi connectivity index (χ4v) is 0.656. The Morgan fingerprint density at radius 1 is 1.50 bits per heavy atom. The molecular weight excluding hydrogens is 130 g/mol. The van der Waals surface area contributed by atoms with E-state index < -0.39 is 0 Å². The summed E-state index contributed by atoms with van der Waals surface area (Å²) in [6.45, 7) is 2.90. The first-order chi connectivity index (χ1) is 4.76. The number of nitrogens with two attached hydrogens (primary N) is 2. The lowest BCUT2D eigenvalue weighted by molar-refractivity contribution is 0.211. The van der Waals surface area contributed by atoms with Crippen molar-refractivity contribution in [1.29, 1.82) is 0 Å². The fourth-order valence-electron chi connectivity index (χ4n) is 0.656. The highest BCUT2D eigenvalue weighted by atomic mass is 16.6. The number of hydrogen-bond donors (Lipinski definition) is 2. The maximum Gasteiger partial charge on any atom is 0.106 e. The number of hydrogen-bond acceptors (Lipinski definition) is 4. The largest absolute Gasteiger partial charge is 0.399 e. The Bertz CT molecular complexity index is 110. The first kappa shape index (κ1) is 9.39. The van der Waals surface area contributed by atoms with Crippen LogP contribution in [0.1, 0.15) is 6.92 Å². The number of oxime groups is 1. The Morgan fingerprint density at radius 3 is 2.30 bits per heavy atom. The molecule has 0 aliphatic rings. The summed E-state index contributed by atoms with van der Waals surface area (Å²) in [4.78, 5) is 4.57. The molecule has 4 nitrogen and oxygen atoms in total. The van der Waals surface area contributed by atoms with Crippen molar-refractivity contribution in [3.05, 3.63) is 0 Å². The summed E-state index contributed by atoms with van der Waals surface area (Å²) in [7, 11) is 1.51. The number of rotatable bonds is 4. The quantitative estimate of drug-likeness (QED) is 0.415. The molecule has 0 bridgehead atoms. The predicted octanol–water partition coefficient (Wildman–Crippen LogP) is -0.458. The molecule has 0 aromatic heterocycles. The lowest BCUT2D eigenvalue weighted by Crippen LogP contribution is -2.29. The van der Waals surface area contributed by atoms with Crippen LogP contribution in [0.25, 0.3) is 0 Å². The summed E-state index contributed by atoms with van der Waals surface area (Å²) in [5.74, 6) is 0.153. The summed E-state index contributed by atoms with van der Waals surface area (Å²) in [5.41, 5.74) is 11.7. The molecule has 0 atom stereocenters. The molecule has 0 fully saturated rings. The van der Waals surface area contributed by atoms with Crippen molar-refractivity contribution < 1.29 is 4.84 Å². The van der Waals surface area contributed by atoms with Crippen LogP contribution in [0.3, 0.4) is 0 Å². The van der Waals surface area contributed by atoms with Crippen molar-refractivity contribution in [3.63, 3.8) is 0 Å². The standard InChI is InChI=1S/C6H15N3O/c1-5(9-10-2)6(3-7)4-8/h6H,3-4,7-8H2,1-2H3. The third kappa shape index (κ3) is 2.80. The van der Waals surface area contributed by atoms with Gasteiger partial charge in [-0.15, -0.1) is 0 Å². The smallest absolute Gasteiger partial charge is 0.106 e. The Morgan fingerprint density at radius 2 is 2.00 bits per heavy atom. The second-order valence-corrected chi connectivity index (χ2v) is 2.08. The van der Waals surface area contributed by atoms with Crippen molar-refractivity contribution in [3.8, 4) is 0 Å². The van der Waals surface area contributed by atoms with Crippen LogP contribution in [0.15, 0.2) is 5.16 Å².